The summed E-state index contributed by atoms with van der Waals surface area (Å²) in [6.07, 6.45) is 5.41. The van der Waals surface area contributed by atoms with Crippen LogP contribution >= 0.6 is 0 Å². The van der Waals surface area contributed by atoms with Crippen molar-refractivity contribution in [3.05, 3.63) is 29.8 Å². The lowest BCUT2D eigenvalue weighted by molar-refractivity contribution is 0.0812. The van der Waals surface area contributed by atoms with E-state index in [4.69, 9.17) is 4.74 Å². The first-order valence-electron chi connectivity index (χ1n) is 9.88. The molecule has 1 aromatic rings. The molecule has 0 spiro atoms. The average molecular weight is 397 g/mol. The van der Waals surface area contributed by atoms with Crippen LogP contribution in [0.25, 0.3) is 0 Å². The van der Waals surface area contributed by atoms with Crippen LogP contribution in [0.5, 0.6) is 0 Å². The molecule has 0 atom stereocenters. The Morgan fingerprint density at radius 3 is 2.33 bits per heavy atom. The second-order valence-electron chi connectivity index (χ2n) is 7.52. The summed E-state index contributed by atoms with van der Waals surface area (Å²) in [5.41, 5.74) is 1.98. The van der Waals surface area contributed by atoms with Crippen molar-refractivity contribution in [3.8, 4) is 0 Å². The summed E-state index contributed by atoms with van der Waals surface area (Å²) < 4.78 is 32.1. The van der Waals surface area contributed by atoms with Gasteiger partial charge in [0.05, 0.1) is 5.25 Å². The van der Waals surface area contributed by atoms with Crippen LogP contribution in [-0.2, 0) is 21.2 Å². The van der Waals surface area contributed by atoms with Crippen molar-refractivity contribution in [1.29, 1.82) is 0 Å². The molecule has 0 aliphatic heterocycles. The Hall–Kier alpha value is -1.60. The van der Waals surface area contributed by atoms with Gasteiger partial charge >= 0.3 is 6.09 Å². The first kappa shape index (κ1) is 21.7. The molecule has 6 nitrogen and oxygen atoms in total. The molecule has 1 aliphatic rings. The van der Waals surface area contributed by atoms with Gasteiger partial charge < -0.3 is 4.74 Å². The lowest BCUT2D eigenvalue weighted by Crippen LogP contribution is -2.42. The van der Waals surface area contributed by atoms with Crippen LogP contribution < -0.4 is 10.0 Å². The van der Waals surface area contributed by atoms with Crippen molar-refractivity contribution in [2.24, 2.45) is 0 Å². The second-order valence-corrected chi connectivity index (χ2v) is 9.78. The SMILES string of the molecule is CCCCc1ccc(NC(=O)OC2CCC(NS(=O)(=O)C(C)C)CC2)cc1. The fourth-order valence-corrected chi connectivity index (χ4v) is 4.07. The topological polar surface area (TPSA) is 84.5 Å². The number of anilines is 1. The summed E-state index contributed by atoms with van der Waals surface area (Å²) in [4.78, 5) is 12.1. The van der Waals surface area contributed by atoms with E-state index >= 15 is 0 Å². The zero-order valence-electron chi connectivity index (χ0n) is 16.5. The third-order valence-corrected chi connectivity index (χ3v) is 6.82. The van der Waals surface area contributed by atoms with Gasteiger partial charge in [-0.2, -0.15) is 0 Å². The van der Waals surface area contributed by atoms with Gasteiger partial charge in [0.15, 0.2) is 0 Å². The average Bonchev–Trinajstić information content (AvgIpc) is 2.62. The highest BCUT2D eigenvalue weighted by atomic mass is 32.2. The maximum Gasteiger partial charge on any atom is 0.411 e. The highest BCUT2D eigenvalue weighted by Gasteiger charge is 2.28. The van der Waals surface area contributed by atoms with Crippen molar-refractivity contribution >= 4 is 21.8 Å². The van der Waals surface area contributed by atoms with Crippen molar-refractivity contribution < 1.29 is 17.9 Å². The Labute approximate surface area is 163 Å². The number of nitrogens with one attached hydrogen (secondary N) is 2. The van der Waals surface area contributed by atoms with Crippen LogP contribution in [0.3, 0.4) is 0 Å². The normalized spacial score (nSPS) is 20.4. The summed E-state index contributed by atoms with van der Waals surface area (Å²) in [7, 11) is -3.26. The molecule has 0 aromatic heterocycles. The van der Waals surface area contributed by atoms with E-state index in [2.05, 4.69) is 17.0 Å². The fourth-order valence-electron chi connectivity index (χ4n) is 3.10. The number of aryl methyl sites for hydroxylation is 1. The van der Waals surface area contributed by atoms with Gasteiger partial charge in [0.2, 0.25) is 10.0 Å². The maximum atomic E-state index is 12.1. The molecule has 2 rings (SSSR count). The highest BCUT2D eigenvalue weighted by molar-refractivity contribution is 7.90. The Morgan fingerprint density at radius 1 is 1.15 bits per heavy atom. The van der Waals surface area contributed by atoms with E-state index in [1.54, 1.807) is 13.8 Å². The lowest BCUT2D eigenvalue weighted by atomic mass is 9.94. The van der Waals surface area contributed by atoms with Gasteiger partial charge in [-0.1, -0.05) is 25.5 Å². The van der Waals surface area contributed by atoms with Crippen molar-refractivity contribution in [2.75, 3.05) is 5.32 Å². The minimum absolute atomic E-state index is 0.0732. The monoisotopic (exact) mass is 396 g/mol. The molecule has 1 aromatic carbocycles. The molecule has 1 amide bonds. The Morgan fingerprint density at radius 2 is 1.78 bits per heavy atom. The number of sulfonamides is 1. The van der Waals surface area contributed by atoms with E-state index in [0.29, 0.717) is 25.7 Å². The molecule has 27 heavy (non-hydrogen) atoms. The number of unbranched alkanes of at least 4 members (excludes halogenated alkanes) is 1. The molecule has 152 valence electrons. The molecule has 0 heterocycles. The summed E-state index contributed by atoms with van der Waals surface area (Å²) in [5.74, 6) is 0. The molecule has 0 unspecified atom stereocenters. The summed E-state index contributed by atoms with van der Waals surface area (Å²) in [6, 6.07) is 7.76. The van der Waals surface area contributed by atoms with Crippen LogP contribution in [0.2, 0.25) is 0 Å². The van der Waals surface area contributed by atoms with E-state index in [-0.39, 0.29) is 12.1 Å². The van der Waals surface area contributed by atoms with E-state index in [0.717, 1.165) is 24.9 Å². The van der Waals surface area contributed by atoms with Crippen LogP contribution in [-0.4, -0.2) is 31.9 Å². The number of benzene rings is 1. The number of hydrogen-bond donors (Lipinski definition) is 2. The molecule has 1 saturated carbocycles. The summed E-state index contributed by atoms with van der Waals surface area (Å²) in [6.45, 7) is 5.49. The minimum Gasteiger partial charge on any atom is -0.446 e. The van der Waals surface area contributed by atoms with E-state index in [1.165, 1.54) is 5.56 Å². The summed E-state index contributed by atoms with van der Waals surface area (Å²) in [5, 5.41) is 2.32. The minimum atomic E-state index is -3.26. The van der Waals surface area contributed by atoms with Crippen LogP contribution in [0.15, 0.2) is 24.3 Å². The van der Waals surface area contributed by atoms with E-state index < -0.39 is 21.4 Å². The molecule has 1 fully saturated rings. The van der Waals surface area contributed by atoms with Gasteiger partial charge in [-0.25, -0.2) is 17.9 Å². The fraction of sp³-hybridized carbons (Fsp3) is 0.650. The molecule has 0 bridgehead atoms. The van der Waals surface area contributed by atoms with Gasteiger partial charge in [0.25, 0.3) is 0 Å². The summed E-state index contributed by atoms with van der Waals surface area (Å²) >= 11 is 0. The van der Waals surface area contributed by atoms with Crippen molar-refractivity contribution in [3.63, 3.8) is 0 Å². The van der Waals surface area contributed by atoms with Crippen molar-refractivity contribution in [2.45, 2.75) is 83.1 Å². The molecule has 7 heteroatoms. The number of rotatable bonds is 8. The molecular weight excluding hydrogens is 364 g/mol. The second kappa shape index (κ2) is 10.1. The smallest absolute Gasteiger partial charge is 0.411 e. The number of ether oxygens (including phenoxy) is 1. The Bertz CT molecular complexity index is 693. The number of amides is 1. The highest BCUT2D eigenvalue weighted by Crippen LogP contribution is 2.23. The maximum absolute atomic E-state index is 12.1. The third-order valence-electron chi connectivity index (χ3n) is 4.92. The zero-order valence-corrected chi connectivity index (χ0v) is 17.3. The number of hydrogen-bond acceptors (Lipinski definition) is 4. The van der Waals surface area contributed by atoms with Gasteiger partial charge in [-0.3, -0.25) is 5.32 Å². The van der Waals surface area contributed by atoms with Gasteiger partial charge in [-0.15, -0.1) is 0 Å². The predicted octanol–water partition coefficient (Wildman–Crippen LogP) is 4.22. The van der Waals surface area contributed by atoms with Crippen LogP contribution in [0.1, 0.15) is 64.9 Å². The first-order valence-corrected chi connectivity index (χ1v) is 11.4. The molecule has 1 aliphatic carbocycles. The molecular formula is C20H32N2O4S. The number of carbonyl (C=O) groups excluding carboxylic acids is 1. The van der Waals surface area contributed by atoms with Crippen LogP contribution in [0.4, 0.5) is 10.5 Å². The van der Waals surface area contributed by atoms with Gasteiger partial charge in [0, 0.05) is 11.7 Å². The zero-order chi connectivity index (χ0) is 19.9. The Balaban J connectivity index is 1.74. The molecule has 0 radical (unpaired) electrons. The number of carbonyl (C=O) groups is 1. The molecule has 2 N–H and O–H groups in total. The van der Waals surface area contributed by atoms with Gasteiger partial charge in [0.1, 0.15) is 6.10 Å². The van der Waals surface area contributed by atoms with E-state index in [1.807, 2.05) is 24.3 Å². The standard InChI is InChI=1S/C20H32N2O4S/c1-4-5-6-16-7-9-17(10-8-16)21-20(23)26-19-13-11-18(12-14-19)22-27(24,25)15(2)3/h7-10,15,18-19,22H,4-6,11-14H2,1-3H3,(H,21,23). The van der Waals surface area contributed by atoms with Crippen LogP contribution in [0, 0.1) is 0 Å². The predicted molar refractivity (Wildman–Crippen MR) is 108 cm³/mol. The third kappa shape index (κ3) is 7.14. The first-order chi connectivity index (χ1) is 12.8. The lowest BCUT2D eigenvalue weighted by Gasteiger charge is -2.29. The quantitative estimate of drug-likeness (QED) is 0.689. The van der Waals surface area contributed by atoms with Gasteiger partial charge in [-0.05, 0) is 70.1 Å². The largest absolute Gasteiger partial charge is 0.446 e. The Kier molecular flexibility index (Phi) is 8.10. The molecule has 0 saturated heterocycles. The van der Waals surface area contributed by atoms with E-state index in [9.17, 15) is 13.2 Å². The van der Waals surface area contributed by atoms with Crippen molar-refractivity contribution in [1.82, 2.24) is 4.72 Å².